The molecule has 0 aliphatic carbocycles. The number of nitrogens with one attached hydrogen (secondary N) is 1. The Labute approximate surface area is 97.0 Å². The van der Waals surface area contributed by atoms with Crippen LogP contribution >= 0.6 is 0 Å². The summed E-state index contributed by atoms with van der Waals surface area (Å²) >= 11 is 0. The summed E-state index contributed by atoms with van der Waals surface area (Å²) < 4.78 is 4.75. The van der Waals surface area contributed by atoms with Crippen LogP contribution in [0, 0.1) is 12.3 Å². The van der Waals surface area contributed by atoms with Gasteiger partial charge in [-0.1, -0.05) is 38.1 Å². The molecule has 0 aliphatic rings. The van der Waals surface area contributed by atoms with Crippen molar-refractivity contribution < 1.29 is 9.53 Å². The molecule has 0 atom stereocenters. The molecule has 0 radical (unpaired) electrons. The summed E-state index contributed by atoms with van der Waals surface area (Å²) in [7, 11) is 0. The Hall–Kier alpha value is -1.64. The molecule has 0 aliphatic heterocycles. The maximum Gasteiger partial charge on any atom is 0.356 e. The maximum absolute atomic E-state index is 11.2. The van der Waals surface area contributed by atoms with Crippen molar-refractivity contribution in [1.29, 1.82) is 5.41 Å². The lowest BCUT2D eigenvalue weighted by atomic mass is 10.0. The second-order valence-corrected chi connectivity index (χ2v) is 2.91. The lowest BCUT2D eigenvalue weighted by molar-refractivity contribution is -0.135. The Bertz CT molecular complexity index is 359. The predicted octanol–water partition coefficient (Wildman–Crippen LogP) is 2.95. The molecule has 1 aromatic carbocycles. The fourth-order valence-electron chi connectivity index (χ4n) is 1.17. The minimum Gasteiger partial charge on any atom is -0.461 e. The van der Waals surface area contributed by atoms with Crippen LogP contribution in [0.5, 0.6) is 0 Å². The first-order valence-corrected chi connectivity index (χ1v) is 5.48. The number of ether oxygens (including phenoxy) is 1. The highest BCUT2D eigenvalue weighted by atomic mass is 16.5. The van der Waals surface area contributed by atoms with Crippen molar-refractivity contribution in [2.45, 2.75) is 27.7 Å². The minimum absolute atomic E-state index is 0.0787. The second-order valence-electron chi connectivity index (χ2n) is 2.91. The molecule has 0 aromatic heterocycles. The first kappa shape index (κ1) is 14.4. The molecule has 88 valence electrons. The lowest BCUT2D eigenvalue weighted by Crippen LogP contribution is -2.18. The standard InChI is InChI=1S/C11H13NO2.C2H6/c1-3-14-11(13)10(12)9-7-5-4-6-8(9)2;1-2/h4-7,12H,3H2,1-2H3;1-2H3. The zero-order valence-electron chi connectivity index (χ0n) is 10.3. The molecule has 16 heavy (non-hydrogen) atoms. The molecule has 0 unspecified atom stereocenters. The van der Waals surface area contributed by atoms with Crippen LogP contribution in [0.2, 0.25) is 0 Å². The van der Waals surface area contributed by atoms with E-state index >= 15 is 0 Å². The van der Waals surface area contributed by atoms with E-state index in [1.165, 1.54) is 0 Å². The summed E-state index contributed by atoms with van der Waals surface area (Å²) in [6.07, 6.45) is 0. The molecule has 1 N–H and O–H groups in total. The number of rotatable bonds is 3. The fraction of sp³-hybridized carbons (Fsp3) is 0.385. The third kappa shape index (κ3) is 3.85. The maximum atomic E-state index is 11.2. The van der Waals surface area contributed by atoms with E-state index in [1.54, 1.807) is 19.1 Å². The molecule has 0 bridgehead atoms. The van der Waals surface area contributed by atoms with Gasteiger partial charge >= 0.3 is 5.97 Å². The third-order valence-corrected chi connectivity index (χ3v) is 1.89. The number of benzene rings is 1. The Morgan fingerprint density at radius 1 is 1.31 bits per heavy atom. The molecule has 3 heteroatoms. The van der Waals surface area contributed by atoms with Gasteiger partial charge in [0.15, 0.2) is 0 Å². The highest BCUT2D eigenvalue weighted by Crippen LogP contribution is 2.08. The Morgan fingerprint density at radius 3 is 2.38 bits per heavy atom. The molecule has 0 spiro atoms. The molecule has 0 saturated carbocycles. The number of carbonyl (C=O) groups excluding carboxylic acids is 1. The summed E-state index contributed by atoms with van der Waals surface area (Å²) in [6, 6.07) is 7.28. The van der Waals surface area contributed by atoms with Gasteiger partial charge in [-0.15, -0.1) is 0 Å². The molecule has 3 nitrogen and oxygen atoms in total. The van der Waals surface area contributed by atoms with E-state index in [0.29, 0.717) is 12.2 Å². The van der Waals surface area contributed by atoms with E-state index in [0.717, 1.165) is 5.56 Å². The second kappa shape index (κ2) is 7.63. The third-order valence-electron chi connectivity index (χ3n) is 1.89. The van der Waals surface area contributed by atoms with Gasteiger partial charge in [0.25, 0.3) is 0 Å². The summed E-state index contributed by atoms with van der Waals surface area (Å²) in [6.45, 7) is 7.89. The average Bonchev–Trinajstić information content (AvgIpc) is 2.32. The zero-order chi connectivity index (χ0) is 12.6. The van der Waals surface area contributed by atoms with Crippen molar-refractivity contribution in [3.63, 3.8) is 0 Å². The highest BCUT2D eigenvalue weighted by Gasteiger charge is 2.13. The quantitative estimate of drug-likeness (QED) is 0.630. The monoisotopic (exact) mass is 221 g/mol. The van der Waals surface area contributed by atoms with Gasteiger partial charge in [0.05, 0.1) is 6.61 Å². The Balaban J connectivity index is 0.00000106. The minimum atomic E-state index is -0.568. The van der Waals surface area contributed by atoms with Crippen LogP contribution in [0.3, 0.4) is 0 Å². The zero-order valence-corrected chi connectivity index (χ0v) is 10.3. The van der Waals surface area contributed by atoms with E-state index < -0.39 is 5.97 Å². The predicted molar refractivity (Wildman–Crippen MR) is 66.0 cm³/mol. The summed E-state index contributed by atoms with van der Waals surface area (Å²) in [5, 5.41) is 7.61. The van der Waals surface area contributed by atoms with Gasteiger partial charge in [-0.25, -0.2) is 4.79 Å². The fourth-order valence-corrected chi connectivity index (χ4v) is 1.17. The lowest BCUT2D eigenvalue weighted by Gasteiger charge is -2.05. The molecule has 0 amide bonds. The molecule has 1 aromatic rings. The van der Waals surface area contributed by atoms with Crippen molar-refractivity contribution >= 4 is 11.7 Å². The van der Waals surface area contributed by atoms with Crippen LogP contribution in [0.25, 0.3) is 0 Å². The van der Waals surface area contributed by atoms with Crippen molar-refractivity contribution in [2.75, 3.05) is 6.61 Å². The summed E-state index contributed by atoms with van der Waals surface area (Å²) in [4.78, 5) is 11.2. The van der Waals surface area contributed by atoms with E-state index in [-0.39, 0.29) is 5.71 Å². The number of hydrogen-bond acceptors (Lipinski definition) is 3. The summed E-state index contributed by atoms with van der Waals surface area (Å²) in [5.74, 6) is -0.568. The van der Waals surface area contributed by atoms with Gasteiger partial charge in [0.2, 0.25) is 0 Å². The molecular formula is C13H19NO2. The van der Waals surface area contributed by atoms with Gasteiger partial charge in [-0.05, 0) is 19.4 Å². The van der Waals surface area contributed by atoms with E-state index in [2.05, 4.69) is 0 Å². The molecule has 1 rings (SSSR count). The molecule has 0 heterocycles. The van der Waals surface area contributed by atoms with E-state index in [9.17, 15) is 4.79 Å². The van der Waals surface area contributed by atoms with Gasteiger partial charge in [0.1, 0.15) is 5.71 Å². The van der Waals surface area contributed by atoms with Crippen LogP contribution < -0.4 is 0 Å². The van der Waals surface area contributed by atoms with Gasteiger partial charge in [-0.2, -0.15) is 0 Å². The van der Waals surface area contributed by atoms with Crippen LogP contribution in [-0.4, -0.2) is 18.3 Å². The number of esters is 1. The topological polar surface area (TPSA) is 50.2 Å². The van der Waals surface area contributed by atoms with Crippen LogP contribution in [0.4, 0.5) is 0 Å². The van der Waals surface area contributed by atoms with E-state index in [4.69, 9.17) is 10.1 Å². The average molecular weight is 221 g/mol. The first-order chi connectivity index (χ1) is 7.66. The molecular weight excluding hydrogens is 202 g/mol. The van der Waals surface area contributed by atoms with Gasteiger partial charge < -0.3 is 4.74 Å². The molecule has 0 saturated heterocycles. The van der Waals surface area contributed by atoms with Crippen LogP contribution in [0.1, 0.15) is 31.9 Å². The van der Waals surface area contributed by atoms with Crippen molar-refractivity contribution in [2.24, 2.45) is 0 Å². The highest BCUT2D eigenvalue weighted by molar-refractivity contribution is 6.42. The van der Waals surface area contributed by atoms with Gasteiger partial charge in [-0.3, -0.25) is 5.41 Å². The van der Waals surface area contributed by atoms with Crippen molar-refractivity contribution in [3.8, 4) is 0 Å². The molecule has 0 fully saturated rings. The largest absolute Gasteiger partial charge is 0.461 e. The van der Waals surface area contributed by atoms with Crippen molar-refractivity contribution in [3.05, 3.63) is 35.4 Å². The Morgan fingerprint density at radius 2 is 1.88 bits per heavy atom. The number of aryl methyl sites for hydroxylation is 1. The normalized spacial score (nSPS) is 8.75. The SMILES string of the molecule is CC.CCOC(=O)C(=N)c1ccccc1C. The van der Waals surface area contributed by atoms with Crippen molar-refractivity contribution in [1.82, 2.24) is 0 Å². The first-order valence-electron chi connectivity index (χ1n) is 5.48. The number of carbonyl (C=O) groups is 1. The Kier molecular flexibility index (Phi) is 6.84. The number of hydrogen-bond donors (Lipinski definition) is 1. The van der Waals surface area contributed by atoms with E-state index in [1.807, 2.05) is 32.9 Å². The van der Waals surface area contributed by atoms with Crippen LogP contribution in [-0.2, 0) is 9.53 Å². The van der Waals surface area contributed by atoms with Crippen LogP contribution in [0.15, 0.2) is 24.3 Å². The van der Waals surface area contributed by atoms with Gasteiger partial charge in [0, 0.05) is 5.56 Å². The summed E-state index contributed by atoms with van der Waals surface area (Å²) in [5.41, 5.74) is 1.46. The smallest absolute Gasteiger partial charge is 0.356 e.